The Kier molecular flexibility index (Phi) is 3.84. The van der Waals surface area contributed by atoms with E-state index in [1.165, 1.54) is 5.56 Å². The van der Waals surface area contributed by atoms with Crippen LogP contribution in [0.5, 0.6) is 0 Å². The van der Waals surface area contributed by atoms with Gasteiger partial charge in [0.1, 0.15) is 5.82 Å². The second-order valence-corrected chi connectivity index (χ2v) is 6.27. The normalized spacial score (nSPS) is 11.0. The zero-order valence-corrected chi connectivity index (χ0v) is 13.3. The highest BCUT2D eigenvalue weighted by atomic mass is 32.1. The third kappa shape index (κ3) is 2.74. The first-order valence-electron chi connectivity index (χ1n) is 7.13. The molecule has 0 atom stereocenters. The van der Waals surface area contributed by atoms with Crippen LogP contribution in [0.3, 0.4) is 0 Å². The molecule has 0 saturated carbocycles. The molecule has 1 N–H and O–H groups in total. The highest BCUT2D eigenvalue weighted by Gasteiger charge is 2.12. The Morgan fingerprint density at radius 1 is 1.19 bits per heavy atom. The fourth-order valence-electron chi connectivity index (χ4n) is 2.30. The van der Waals surface area contributed by atoms with Crippen molar-refractivity contribution in [3.63, 3.8) is 0 Å². The van der Waals surface area contributed by atoms with E-state index in [9.17, 15) is 0 Å². The number of nitrogens with one attached hydrogen (secondary N) is 1. The van der Waals surface area contributed by atoms with E-state index in [0.29, 0.717) is 0 Å². The molecule has 0 aliphatic carbocycles. The van der Waals surface area contributed by atoms with Crippen LogP contribution >= 0.6 is 11.3 Å². The summed E-state index contributed by atoms with van der Waals surface area (Å²) in [5.41, 5.74) is 2.17. The Balaban J connectivity index is 2.19. The molecular weight excluding hydrogens is 280 g/mol. The van der Waals surface area contributed by atoms with Crippen molar-refractivity contribution < 1.29 is 0 Å². The van der Waals surface area contributed by atoms with Crippen LogP contribution in [0, 0.1) is 13.8 Å². The van der Waals surface area contributed by atoms with E-state index in [4.69, 9.17) is 9.97 Å². The summed E-state index contributed by atoms with van der Waals surface area (Å²) >= 11 is 1.62. The van der Waals surface area contributed by atoms with Crippen LogP contribution < -0.4 is 5.32 Å². The zero-order valence-electron chi connectivity index (χ0n) is 12.5. The van der Waals surface area contributed by atoms with Crippen LogP contribution in [-0.4, -0.2) is 21.5 Å². The van der Waals surface area contributed by atoms with Crippen molar-refractivity contribution in [1.82, 2.24) is 15.0 Å². The van der Waals surface area contributed by atoms with Crippen LogP contribution in [0.2, 0.25) is 0 Å². The molecule has 3 rings (SSSR count). The van der Waals surface area contributed by atoms with E-state index in [1.807, 2.05) is 25.3 Å². The predicted octanol–water partition coefficient (Wildman–Crippen LogP) is 4.19. The van der Waals surface area contributed by atoms with Gasteiger partial charge in [0.2, 0.25) is 0 Å². The van der Waals surface area contributed by atoms with Gasteiger partial charge in [0.25, 0.3) is 0 Å². The van der Waals surface area contributed by atoms with Gasteiger partial charge < -0.3 is 5.32 Å². The average Bonchev–Trinajstić information content (AvgIpc) is 2.91. The summed E-state index contributed by atoms with van der Waals surface area (Å²) in [4.78, 5) is 14.7. The summed E-state index contributed by atoms with van der Waals surface area (Å²) in [6, 6.07) is 6.17. The van der Waals surface area contributed by atoms with Crippen molar-refractivity contribution in [3.8, 4) is 10.7 Å². The molecule has 0 aliphatic rings. The predicted molar refractivity (Wildman–Crippen MR) is 88.9 cm³/mol. The molecule has 0 spiro atoms. The van der Waals surface area contributed by atoms with E-state index >= 15 is 0 Å². The number of hydrogen-bond donors (Lipinski definition) is 1. The lowest BCUT2D eigenvalue weighted by atomic mass is 10.1. The average molecular weight is 298 g/mol. The van der Waals surface area contributed by atoms with Gasteiger partial charge in [0, 0.05) is 18.1 Å². The summed E-state index contributed by atoms with van der Waals surface area (Å²) in [6.45, 7) is 7.15. The molecule has 5 heteroatoms. The molecular formula is C16H18N4S. The van der Waals surface area contributed by atoms with Crippen LogP contribution in [-0.2, 0) is 0 Å². The van der Waals surface area contributed by atoms with Gasteiger partial charge in [-0.2, -0.15) is 0 Å². The maximum atomic E-state index is 4.73. The molecule has 4 nitrogen and oxygen atoms in total. The Hall–Kier alpha value is -2.01. The number of thiazole rings is 1. The number of anilines is 1. The minimum Gasteiger partial charge on any atom is -0.369 e. The summed E-state index contributed by atoms with van der Waals surface area (Å²) in [6.07, 6.45) is 2.91. The highest BCUT2D eigenvalue weighted by Crippen LogP contribution is 2.29. The summed E-state index contributed by atoms with van der Waals surface area (Å²) in [5.74, 6) is 1.67. The van der Waals surface area contributed by atoms with Crippen molar-refractivity contribution >= 4 is 28.1 Å². The number of fused-ring (bicyclic) bond motifs is 1. The van der Waals surface area contributed by atoms with E-state index in [2.05, 4.69) is 30.2 Å². The summed E-state index contributed by atoms with van der Waals surface area (Å²) < 4.78 is 0. The Bertz CT molecular complexity index is 779. The molecule has 2 heterocycles. The Labute approximate surface area is 128 Å². The first kappa shape index (κ1) is 13.9. The molecule has 108 valence electrons. The number of nitrogens with zero attached hydrogens (tertiary/aromatic N) is 3. The smallest absolute Gasteiger partial charge is 0.173 e. The molecule has 3 aromatic rings. The summed E-state index contributed by atoms with van der Waals surface area (Å²) in [5, 5.41) is 5.56. The first-order chi connectivity index (χ1) is 10.2. The molecule has 0 bridgehead atoms. The quantitative estimate of drug-likeness (QED) is 0.784. The Morgan fingerprint density at radius 2 is 2.05 bits per heavy atom. The second-order valence-electron chi connectivity index (χ2n) is 5.04. The van der Waals surface area contributed by atoms with E-state index in [1.54, 1.807) is 11.3 Å². The number of rotatable bonds is 4. The number of aryl methyl sites for hydroxylation is 2. The molecule has 2 aromatic heterocycles. The fourth-order valence-corrected chi connectivity index (χ4v) is 3.01. The molecule has 0 fully saturated rings. The molecule has 0 aliphatic heterocycles. The molecule has 0 unspecified atom stereocenters. The fraction of sp³-hybridized carbons (Fsp3) is 0.312. The Morgan fingerprint density at radius 3 is 2.76 bits per heavy atom. The lowest BCUT2D eigenvalue weighted by Gasteiger charge is -2.11. The van der Waals surface area contributed by atoms with Crippen molar-refractivity contribution in [2.75, 3.05) is 11.9 Å². The van der Waals surface area contributed by atoms with E-state index < -0.39 is 0 Å². The standard InChI is InChI=1S/C16H18N4S/c1-4-8-17-16-14-10(2)6-5-7-12(14)19-15(20-16)13-9-18-11(3)21-13/h5-7,9H,4,8H2,1-3H3,(H,17,19,20). The van der Waals surface area contributed by atoms with Gasteiger partial charge in [-0.05, 0) is 31.9 Å². The SMILES string of the molecule is CCCNc1nc(-c2cnc(C)s2)nc2cccc(C)c12. The van der Waals surface area contributed by atoms with Crippen molar-refractivity contribution in [2.45, 2.75) is 27.2 Å². The maximum absolute atomic E-state index is 4.73. The largest absolute Gasteiger partial charge is 0.369 e. The number of benzene rings is 1. The van der Waals surface area contributed by atoms with Crippen LogP contribution in [0.25, 0.3) is 21.6 Å². The number of aromatic nitrogens is 3. The van der Waals surface area contributed by atoms with Gasteiger partial charge in [-0.25, -0.2) is 15.0 Å². The van der Waals surface area contributed by atoms with Gasteiger partial charge in [0.05, 0.1) is 15.4 Å². The van der Waals surface area contributed by atoms with Crippen molar-refractivity contribution in [3.05, 3.63) is 35.0 Å². The molecule has 21 heavy (non-hydrogen) atoms. The lowest BCUT2D eigenvalue weighted by Crippen LogP contribution is -2.05. The molecule has 0 saturated heterocycles. The van der Waals surface area contributed by atoms with Crippen molar-refractivity contribution in [2.24, 2.45) is 0 Å². The minimum absolute atomic E-state index is 0.748. The van der Waals surface area contributed by atoms with Crippen molar-refractivity contribution in [1.29, 1.82) is 0 Å². The van der Waals surface area contributed by atoms with Gasteiger partial charge >= 0.3 is 0 Å². The molecule has 0 amide bonds. The maximum Gasteiger partial charge on any atom is 0.173 e. The van der Waals surface area contributed by atoms with Crippen LogP contribution in [0.15, 0.2) is 24.4 Å². The van der Waals surface area contributed by atoms with Gasteiger partial charge in [-0.1, -0.05) is 19.1 Å². The van der Waals surface area contributed by atoms with Gasteiger partial charge in [0.15, 0.2) is 5.82 Å². The van der Waals surface area contributed by atoms with Gasteiger partial charge in [-0.15, -0.1) is 11.3 Å². The second kappa shape index (κ2) is 5.77. The van der Waals surface area contributed by atoms with Crippen LogP contribution in [0.4, 0.5) is 5.82 Å². The monoisotopic (exact) mass is 298 g/mol. The van der Waals surface area contributed by atoms with Gasteiger partial charge in [-0.3, -0.25) is 0 Å². The summed E-state index contributed by atoms with van der Waals surface area (Å²) in [7, 11) is 0. The zero-order chi connectivity index (χ0) is 14.8. The minimum atomic E-state index is 0.748. The van der Waals surface area contributed by atoms with E-state index in [0.717, 1.165) is 45.4 Å². The third-order valence-electron chi connectivity index (χ3n) is 3.32. The third-order valence-corrected chi connectivity index (χ3v) is 4.22. The molecule has 0 radical (unpaired) electrons. The van der Waals surface area contributed by atoms with Crippen LogP contribution in [0.1, 0.15) is 23.9 Å². The number of hydrogen-bond acceptors (Lipinski definition) is 5. The van der Waals surface area contributed by atoms with E-state index in [-0.39, 0.29) is 0 Å². The first-order valence-corrected chi connectivity index (χ1v) is 7.94. The molecule has 1 aromatic carbocycles. The lowest BCUT2D eigenvalue weighted by molar-refractivity contribution is 0.970. The highest BCUT2D eigenvalue weighted by molar-refractivity contribution is 7.14. The topological polar surface area (TPSA) is 50.7 Å².